The maximum atomic E-state index is 11.2. The maximum Gasteiger partial charge on any atom is 0.302 e. The molecule has 0 amide bonds. The van der Waals surface area contributed by atoms with Crippen molar-refractivity contribution in [2.75, 3.05) is 0 Å². The average Bonchev–Trinajstić information content (AvgIpc) is 2.42. The molecule has 0 saturated heterocycles. The molecule has 118 valence electrons. The molecule has 6 heteroatoms. The van der Waals surface area contributed by atoms with Crippen molar-refractivity contribution in [3.8, 4) is 0 Å². The van der Waals surface area contributed by atoms with Gasteiger partial charge in [0.15, 0.2) is 0 Å². The molecule has 2 rings (SSSR count). The largest absolute Gasteiger partial charge is 0.460 e. The molecular formula is C15H25N3O3. The molecule has 21 heavy (non-hydrogen) atoms. The van der Waals surface area contributed by atoms with Crippen LogP contribution in [0.1, 0.15) is 47.0 Å². The van der Waals surface area contributed by atoms with Crippen LogP contribution >= 0.6 is 0 Å². The fourth-order valence-electron chi connectivity index (χ4n) is 4.46. The number of azide groups is 1. The van der Waals surface area contributed by atoms with Gasteiger partial charge in [0.1, 0.15) is 6.10 Å². The number of aliphatic hydroxyl groups excluding tert-OH is 1. The minimum atomic E-state index is -0.932. The Morgan fingerprint density at radius 1 is 1.43 bits per heavy atom. The van der Waals surface area contributed by atoms with Gasteiger partial charge in [-0.3, -0.25) is 4.79 Å². The number of aliphatic hydroxyl groups is 1. The molecule has 0 aromatic rings. The topological polar surface area (TPSA) is 95.3 Å². The van der Waals surface area contributed by atoms with Crippen LogP contribution in [0.5, 0.6) is 0 Å². The first-order chi connectivity index (χ1) is 9.82. The van der Waals surface area contributed by atoms with Crippen LogP contribution in [0.3, 0.4) is 0 Å². The molecule has 1 N–H and O–H groups in total. The Bertz CT molecular complexity index is 463. The van der Waals surface area contributed by atoms with Gasteiger partial charge >= 0.3 is 5.97 Å². The smallest absolute Gasteiger partial charge is 0.302 e. The van der Waals surface area contributed by atoms with E-state index in [1.807, 2.05) is 0 Å². The summed E-state index contributed by atoms with van der Waals surface area (Å²) >= 11 is 0. The van der Waals surface area contributed by atoms with E-state index >= 15 is 0 Å². The van der Waals surface area contributed by atoms with Gasteiger partial charge in [0.05, 0.1) is 12.1 Å². The van der Waals surface area contributed by atoms with E-state index in [4.69, 9.17) is 10.3 Å². The number of ether oxygens (including phenoxy) is 1. The van der Waals surface area contributed by atoms with Crippen LogP contribution in [0, 0.1) is 23.2 Å². The van der Waals surface area contributed by atoms with Gasteiger partial charge in [-0.2, -0.15) is 0 Å². The number of hydrogen-bond acceptors (Lipinski definition) is 4. The van der Waals surface area contributed by atoms with Crippen LogP contribution < -0.4 is 0 Å². The van der Waals surface area contributed by atoms with Gasteiger partial charge in [-0.25, -0.2) is 0 Å². The number of carbonyl (C=O) groups excluding carboxylic acids is 1. The molecule has 0 aliphatic heterocycles. The van der Waals surface area contributed by atoms with Gasteiger partial charge in [0.2, 0.25) is 0 Å². The third kappa shape index (κ3) is 2.62. The molecule has 2 aliphatic rings. The zero-order chi connectivity index (χ0) is 15.8. The minimum Gasteiger partial charge on any atom is -0.460 e. The maximum absolute atomic E-state index is 11.2. The van der Waals surface area contributed by atoms with Crippen molar-refractivity contribution in [2.45, 2.75) is 65.2 Å². The SMILES string of the molecule is CC(=O)O[C@@H]1CC2CCC(C)C(C)[C@@]2(C)[C@@H](N=[N+]=[N-])[C@@H]1O. The van der Waals surface area contributed by atoms with E-state index in [1.165, 1.54) is 6.92 Å². The number of rotatable bonds is 2. The van der Waals surface area contributed by atoms with E-state index in [0.717, 1.165) is 12.8 Å². The van der Waals surface area contributed by atoms with E-state index in [1.54, 1.807) is 0 Å². The van der Waals surface area contributed by atoms with Crippen LogP contribution in [-0.2, 0) is 9.53 Å². The van der Waals surface area contributed by atoms with Crippen LogP contribution in [0.2, 0.25) is 0 Å². The standard InChI is InChI=1S/C15H25N3O3/c1-8-5-6-11-7-12(21-10(3)19)13(20)14(17-18-16)15(11,4)9(8)2/h8-9,11-14,20H,5-7H2,1-4H3/t8?,9?,11?,12-,13-,14+,15-/m1/s1. The second-order valence-corrected chi connectivity index (χ2v) is 6.93. The summed E-state index contributed by atoms with van der Waals surface area (Å²) in [7, 11) is 0. The number of carbonyl (C=O) groups is 1. The van der Waals surface area contributed by atoms with Crippen molar-refractivity contribution in [1.82, 2.24) is 0 Å². The fourth-order valence-corrected chi connectivity index (χ4v) is 4.46. The first-order valence-corrected chi connectivity index (χ1v) is 7.71. The normalized spacial score (nSPS) is 46.1. The second-order valence-electron chi connectivity index (χ2n) is 6.93. The van der Waals surface area contributed by atoms with Crippen LogP contribution in [0.15, 0.2) is 5.11 Å². The summed E-state index contributed by atoms with van der Waals surface area (Å²) in [5.41, 5.74) is 8.65. The number of fused-ring (bicyclic) bond motifs is 1. The number of esters is 1. The molecule has 0 aromatic carbocycles. The van der Waals surface area contributed by atoms with Gasteiger partial charge in [0.25, 0.3) is 0 Å². The molecule has 0 radical (unpaired) electrons. The van der Waals surface area contributed by atoms with Gasteiger partial charge in [-0.15, -0.1) is 0 Å². The van der Waals surface area contributed by atoms with Gasteiger partial charge < -0.3 is 9.84 Å². The molecule has 2 fully saturated rings. The second kappa shape index (κ2) is 5.85. The molecule has 0 spiro atoms. The van der Waals surface area contributed by atoms with Gasteiger partial charge in [-0.1, -0.05) is 32.3 Å². The summed E-state index contributed by atoms with van der Waals surface area (Å²) in [5, 5.41) is 14.5. The highest BCUT2D eigenvalue weighted by atomic mass is 16.6. The van der Waals surface area contributed by atoms with Crippen molar-refractivity contribution >= 4 is 5.97 Å². The van der Waals surface area contributed by atoms with Crippen molar-refractivity contribution in [3.05, 3.63) is 10.4 Å². The summed E-state index contributed by atoms with van der Waals surface area (Å²) in [5.74, 6) is 0.770. The van der Waals surface area contributed by atoms with Crippen LogP contribution in [0.25, 0.3) is 10.4 Å². The quantitative estimate of drug-likeness (QED) is 0.367. The Kier molecular flexibility index (Phi) is 4.49. The molecule has 2 aliphatic carbocycles. The lowest BCUT2D eigenvalue weighted by molar-refractivity contribution is -0.175. The third-order valence-corrected chi connectivity index (χ3v) is 6.04. The summed E-state index contributed by atoms with van der Waals surface area (Å²) in [6.45, 7) is 7.85. The van der Waals surface area contributed by atoms with E-state index in [2.05, 4.69) is 30.8 Å². The lowest BCUT2D eigenvalue weighted by atomic mass is 9.50. The highest BCUT2D eigenvalue weighted by molar-refractivity contribution is 5.66. The monoisotopic (exact) mass is 295 g/mol. The van der Waals surface area contributed by atoms with Crippen molar-refractivity contribution in [3.63, 3.8) is 0 Å². The summed E-state index contributed by atoms with van der Waals surface area (Å²) in [6.07, 6.45) is 1.28. The van der Waals surface area contributed by atoms with E-state index in [-0.39, 0.29) is 5.41 Å². The average molecular weight is 295 g/mol. The van der Waals surface area contributed by atoms with Gasteiger partial charge in [0, 0.05) is 11.8 Å². The zero-order valence-electron chi connectivity index (χ0n) is 13.2. The van der Waals surface area contributed by atoms with Crippen molar-refractivity contribution < 1.29 is 14.6 Å². The predicted octanol–water partition coefficient (Wildman–Crippen LogP) is 3.05. The molecule has 0 bridgehead atoms. The fraction of sp³-hybridized carbons (Fsp3) is 0.933. The Balaban J connectivity index is 2.38. The molecule has 3 unspecified atom stereocenters. The lowest BCUT2D eigenvalue weighted by Gasteiger charge is -2.57. The van der Waals surface area contributed by atoms with Crippen LogP contribution in [0.4, 0.5) is 0 Å². The molecule has 6 nitrogen and oxygen atoms in total. The molecule has 2 saturated carbocycles. The predicted molar refractivity (Wildman–Crippen MR) is 78.3 cm³/mol. The Morgan fingerprint density at radius 3 is 2.67 bits per heavy atom. The van der Waals surface area contributed by atoms with E-state index in [0.29, 0.717) is 24.2 Å². The molecular weight excluding hydrogens is 270 g/mol. The van der Waals surface area contributed by atoms with Crippen molar-refractivity contribution in [2.24, 2.45) is 28.3 Å². The lowest BCUT2D eigenvalue weighted by Crippen LogP contribution is -2.61. The highest BCUT2D eigenvalue weighted by Crippen LogP contribution is 2.56. The molecule has 7 atom stereocenters. The van der Waals surface area contributed by atoms with E-state index < -0.39 is 24.2 Å². The number of nitrogens with zero attached hydrogens (tertiary/aromatic N) is 3. The number of hydrogen-bond donors (Lipinski definition) is 1. The third-order valence-electron chi connectivity index (χ3n) is 6.04. The van der Waals surface area contributed by atoms with Gasteiger partial charge in [-0.05, 0) is 41.5 Å². The Labute approximate surface area is 125 Å². The van der Waals surface area contributed by atoms with E-state index in [9.17, 15) is 9.90 Å². The Morgan fingerprint density at radius 2 is 2.10 bits per heavy atom. The summed E-state index contributed by atoms with van der Waals surface area (Å²) in [4.78, 5) is 14.2. The van der Waals surface area contributed by atoms with Crippen molar-refractivity contribution in [1.29, 1.82) is 0 Å². The molecule has 0 aromatic heterocycles. The van der Waals surface area contributed by atoms with Crippen LogP contribution in [-0.4, -0.2) is 29.3 Å². The minimum absolute atomic E-state index is 0.250. The first-order valence-electron chi connectivity index (χ1n) is 7.71. The first kappa shape index (κ1) is 16.1. The Hall–Kier alpha value is -1.26. The summed E-state index contributed by atoms with van der Waals surface area (Å²) < 4.78 is 5.26. The highest BCUT2D eigenvalue weighted by Gasteiger charge is 2.57. The molecule has 0 heterocycles. The summed E-state index contributed by atoms with van der Waals surface area (Å²) in [6, 6.07) is -0.552. The zero-order valence-corrected chi connectivity index (χ0v) is 13.2.